The highest BCUT2D eigenvalue weighted by molar-refractivity contribution is 6.30. The fourth-order valence-electron chi connectivity index (χ4n) is 1.00. The van der Waals surface area contributed by atoms with E-state index < -0.39 is 29.3 Å². The summed E-state index contributed by atoms with van der Waals surface area (Å²) in [7, 11) is 0. The summed E-state index contributed by atoms with van der Waals surface area (Å²) in [5.41, 5.74) is 1.39. The molecule has 6 nitrogen and oxygen atoms in total. The maximum Gasteiger partial charge on any atom is 0.444 e. The summed E-state index contributed by atoms with van der Waals surface area (Å²) in [6.07, 6.45) is 0. The van der Waals surface area contributed by atoms with Crippen molar-refractivity contribution in [3.63, 3.8) is 0 Å². The Morgan fingerprint density at radius 1 is 1.19 bits per heavy atom. The van der Waals surface area contributed by atoms with Gasteiger partial charge in [0.25, 0.3) is 0 Å². The highest BCUT2D eigenvalue weighted by atomic mass is 19.1. The van der Waals surface area contributed by atoms with Crippen molar-refractivity contribution in [2.75, 3.05) is 5.17 Å². The predicted octanol–water partition coefficient (Wildman–Crippen LogP) is 0.206. The molecular weight excluding hydrogens is 226 g/mol. The van der Waals surface area contributed by atoms with Crippen LogP contribution in [0, 0.1) is 11.6 Å². The minimum absolute atomic E-state index is 0.405. The second-order valence-corrected chi connectivity index (χ2v) is 2.75. The van der Waals surface area contributed by atoms with Gasteiger partial charge in [0, 0.05) is 6.07 Å². The molecule has 1 aliphatic rings. The maximum absolute atomic E-state index is 13.2. The molecule has 1 aromatic carbocycles. The number of benzene rings is 1. The van der Waals surface area contributed by atoms with Gasteiger partial charge in [0.1, 0.15) is 11.5 Å². The van der Waals surface area contributed by atoms with Crippen LogP contribution in [0.1, 0.15) is 0 Å². The molecule has 2 rings (SSSR count). The molecule has 0 aliphatic carbocycles. The van der Waals surface area contributed by atoms with E-state index in [1.165, 1.54) is 0 Å². The Balaban J connectivity index is 2.28. The molecule has 1 fully saturated rings. The number of nitrogens with zero attached hydrogens (tertiary/aromatic N) is 1. The molecule has 0 saturated carbocycles. The summed E-state index contributed by atoms with van der Waals surface area (Å²) < 4.78 is 26.0. The van der Waals surface area contributed by atoms with E-state index in [1.807, 2.05) is 5.59 Å². The zero-order chi connectivity index (χ0) is 11.7. The fraction of sp³-hybridized carbons (Fsp3) is 0. The quantitative estimate of drug-likeness (QED) is 0.695. The normalized spacial score (nSPS) is 15.8. The van der Waals surface area contributed by atoms with E-state index in [4.69, 9.17) is 0 Å². The van der Waals surface area contributed by atoms with Crippen molar-refractivity contribution in [2.45, 2.75) is 0 Å². The summed E-state index contributed by atoms with van der Waals surface area (Å²) in [5, 5.41) is 0.405. The Kier molecular flexibility index (Phi) is 2.41. The lowest BCUT2D eigenvalue weighted by atomic mass is 10.3. The van der Waals surface area contributed by atoms with E-state index in [0.717, 1.165) is 18.2 Å². The van der Waals surface area contributed by atoms with Gasteiger partial charge < -0.3 is 9.68 Å². The molecular formula is C8H4F2N2O4. The van der Waals surface area contributed by atoms with Gasteiger partial charge in [0.15, 0.2) is 5.82 Å². The van der Waals surface area contributed by atoms with Crippen LogP contribution in [-0.4, -0.2) is 11.9 Å². The molecule has 16 heavy (non-hydrogen) atoms. The lowest BCUT2D eigenvalue weighted by Gasteiger charge is -2.25. The van der Waals surface area contributed by atoms with Crippen LogP contribution >= 0.6 is 0 Å². The summed E-state index contributed by atoms with van der Waals surface area (Å²) in [6.45, 7) is 0. The lowest BCUT2D eigenvalue weighted by molar-refractivity contribution is -0.192. The summed E-state index contributed by atoms with van der Waals surface area (Å²) in [4.78, 5) is 29.8. The van der Waals surface area contributed by atoms with Crippen molar-refractivity contribution in [1.29, 1.82) is 0 Å². The van der Waals surface area contributed by atoms with E-state index in [0.29, 0.717) is 5.17 Å². The third-order valence-electron chi connectivity index (χ3n) is 1.69. The molecule has 0 spiro atoms. The van der Waals surface area contributed by atoms with Crippen LogP contribution in [0.3, 0.4) is 0 Å². The molecule has 1 aromatic rings. The fourth-order valence-corrected chi connectivity index (χ4v) is 1.00. The van der Waals surface area contributed by atoms with Gasteiger partial charge in [0.05, 0.1) is 0 Å². The summed E-state index contributed by atoms with van der Waals surface area (Å²) >= 11 is 0. The Morgan fingerprint density at radius 2 is 1.94 bits per heavy atom. The number of halogens is 2. The van der Waals surface area contributed by atoms with E-state index in [2.05, 4.69) is 9.68 Å². The average molecular weight is 230 g/mol. The van der Waals surface area contributed by atoms with Crippen LogP contribution < -0.4 is 10.8 Å². The Morgan fingerprint density at radius 3 is 2.62 bits per heavy atom. The van der Waals surface area contributed by atoms with E-state index in [9.17, 15) is 18.4 Å². The Bertz CT molecular complexity index is 465. The van der Waals surface area contributed by atoms with Crippen LogP contribution in [0.25, 0.3) is 0 Å². The Labute approximate surface area is 87.2 Å². The molecule has 1 heterocycles. The zero-order valence-corrected chi connectivity index (χ0v) is 7.57. The Hall–Kier alpha value is -2.22. The molecule has 1 aliphatic heterocycles. The molecule has 1 saturated heterocycles. The second kappa shape index (κ2) is 3.74. The molecule has 0 aromatic heterocycles. The van der Waals surface area contributed by atoms with Crippen LogP contribution in [0.4, 0.5) is 14.5 Å². The van der Waals surface area contributed by atoms with Gasteiger partial charge in [-0.3, -0.25) is 0 Å². The molecule has 0 amide bonds. The summed E-state index contributed by atoms with van der Waals surface area (Å²) in [6, 6.07) is 2.47. The molecule has 8 heteroatoms. The lowest BCUT2D eigenvalue weighted by Crippen LogP contribution is -2.50. The molecule has 0 atom stereocenters. The number of carbonyl (C=O) groups is 2. The molecule has 0 unspecified atom stereocenters. The van der Waals surface area contributed by atoms with Gasteiger partial charge in [-0.2, -0.15) is 0 Å². The van der Waals surface area contributed by atoms with Crippen LogP contribution in [0.5, 0.6) is 0 Å². The van der Waals surface area contributed by atoms with Crippen molar-refractivity contribution < 1.29 is 28.0 Å². The number of anilines is 1. The van der Waals surface area contributed by atoms with Crippen molar-refractivity contribution >= 4 is 17.6 Å². The van der Waals surface area contributed by atoms with Crippen LogP contribution in [-0.2, 0) is 19.3 Å². The highest BCUT2D eigenvalue weighted by Crippen LogP contribution is 2.20. The first-order valence-electron chi connectivity index (χ1n) is 4.02. The topological polar surface area (TPSA) is 67.9 Å². The predicted molar refractivity (Wildman–Crippen MR) is 44.2 cm³/mol. The number of hydrogen-bond donors (Lipinski definition) is 1. The minimum atomic E-state index is -1.34. The van der Waals surface area contributed by atoms with Gasteiger partial charge in [-0.05, 0) is 17.7 Å². The van der Waals surface area contributed by atoms with Gasteiger partial charge in [-0.25, -0.2) is 18.4 Å². The average Bonchev–Trinajstić information content (AvgIpc) is 2.26. The van der Waals surface area contributed by atoms with Crippen molar-refractivity contribution in [1.82, 2.24) is 5.59 Å². The first kappa shape index (κ1) is 10.3. The second-order valence-electron chi connectivity index (χ2n) is 2.75. The number of hydrazine groups is 1. The SMILES string of the molecule is O=C1ONN(c2cc(F)ccc2F)OC1=O. The van der Waals surface area contributed by atoms with E-state index in [-0.39, 0.29) is 0 Å². The maximum atomic E-state index is 13.2. The highest BCUT2D eigenvalue weighted by Gasteiger charge is 2.30. The van der Waals surface area contributed by atoms with Crippen LogP contribution in [0.2, 0.25) is 0 Å². The number of nitrogens with one attached hydrogen (secondary N) is 1. The van der Waals surface area contributed by atoms with Crippen LogP contribution in [0.15, 0.2) is 18.2 Å². The third kappa shape index (κ3) is 1.77. The number of carbonyl (C=O) groups excluding carboxylic acids is 2. The monoisotopic (exact) mass is 230 g/mol. The van der Waals surface area contributed by atoms with Crippen molar-refractivity contribution in [3.05, 3.63) is 29.8 Å². The van der Waals surface area contributed by atoms with Gasteiger partial charge in [0.2, 0.25) is 0 Å². The zero-order valence-electron chi connectivity index (χ0n) is 7.57. The van der Waals surface area contributed by atoms with Gasteiger partial charge in [-0.15, -0.1) is 0 Å². The molecule has 1 N–H and O–H groups in total. The first-order chi connectivity index (χ1) is 7.58. The minimum Gasteiger partial charge on any atom is -0.338 e. The van der Waals surface area contributed by atoms with Crippen molar-refractivity contribution in [2.24, 2.45) is 0 Å². The standard InChI is InChI=1S/C8H4F2N2O4/c9-4-1-2-5(10)6(3-4)12-11-15-7(13)8(14)16-12/h1-3,11H. The third-order valence-corrected chi connectivity index (χ3v) is 1.69. The smallest absolute Gasteiger partial charge is 0.338 e. The molecule has 0 bridgehead atoms. The molecule has 84 valence electrons. The van der Waals surface area contributed by atoms with Crippen molar-refractivity contribution in [3.8, 4) is 0 Å². The van der Waals surface area contributed by atoms with E-state index >= 15 is 0 Å². The number of hydrogen-bond acceptors (Lipinski definition) is 6. The summed E-state index contributed by atoms with van der Waals surface area (Å²) in [5.74, 6) is -4.23. The number of rotatable bonds is 1. The largest absolute Gasteiger partial charge is 0.444 e. The van der Waals surface area contributed by atoms with Gasteiger partial charge in [-0.1, -0.05) is 5.17 Å². The van der Waals surface area contributed by atoms with Gasteiger partial charge >= 0.3 is 11.9 Å². The van der Waals surface area contributed by atoms with E-state index in [1.54, 1.807) is 0 Å². The molecule has 0 radical (unpaired) electrons. The first-order valence-corrected chi connectivity index (χ1v) is 4.02.